The van der Waals surface area contributed by atoms with Crippen LogP contribution in [0, 0.1) is 0 Å². The summed E-state index contributed by atoms with van der Waals surface area (Å²) in [6, 6.07) is 16.7. The van der Waals surface area contributed by atoms with Gasteiger partial charge in [-0.2, -0.15) is 0 Å². The fourth-order valence-corrected chi connectivity index (χ4v) is 1.13. The summed E-state index contributed by atoms with van der Waals surface area (Å²) >= 11 is 4.93. The van der Waals surface area contributed by atoms with E-state index in [0.717, 1.165) is 0 Å². The van der Waals surface area contributed by atoms with Crippen LogP contribution in [0.4, 0.5) is 0 Å². The van der Waals surface area contributed by atoms with Crippen molar-refractivity contribution < 1.29 is 10.1 Å². The summed E-state index contributed by atoms with van der Waals surface area (Å²) in [4.78, 5) is 0. The van der Waals surface area contributed by atoms with Gasteiger partial charge in [0.2, 0.25) is 0 Å². The largest absolute Gasteiger partial charge is 0.0616 e. The van der Waals surface area contributed by atoms with Crippen LogP contribution < -0.4 is 0 Å². The third-order valence-corrected chi connectivity index (χ3v) is 1.66. The zero-order chi connectivity index (χ0) is 9.52. The Bertz CT molecular complexity index is 297. The smallest absolute Gasteiger partial charge is 0.0184 e. The Hall–Kier alpha value is 0.783. The van der Waals surface area contributed by atoms with Crippen molar-refractivity contribution in [2.45, 2.75) is 0 Å². The number of rotatable bonds is 0. The molecule has 0 aliphatic rings. The monoisotopic (exact) mass is 446 g/mol. The van der Waals surface area contributed by atoms with Crippen molar-refractivity contribution in [2.75, 3.05) is 0 Å². The predicted molar refractivity (Wildman–Crippen MR) is 72.0 cm³/mol. The number of halogens is 2. The Morgan fingerprint density at radius 1 is 0.692 bits per heavy atom. The van der Waals surface area contributed by atoms with E-state index in [1.807, 2.05) is 0 Å². The molecule has 0 spiro atoms. The fraction of sp³-hybridized carbons (Fsp3) is 0. The second-order valence-electron chi connectivity index (χ2n) is 2.45. The number of hydrogen-bond donors (Lipinski definition) is 0. The van der Waals surface area contributed by atoms with Crippen molar-refractivity contribution in [2.24, 2.45) is 0 Å². The molecule has 0 bridgehead atoms. The van der Waals surface area contributed by atoms with Gasteiger partial charge in [0.15, 0.2) is 0 Å². The van der Waals surface area contributed by atoms with Gasteiger partial charge >= 0.3 is 49.6 Å². The maximum atomic E-state index is 2.46. The van der Waals surface area contributed by atoms with Gasteiger partial charge in [0.1, 0.15) is 0 Å². The zero-order valence-electron chi connectivity index (χ0n) is 7.08. The first-order valence-corrected chi connectivity index (χ1v) is 22.0. The Kier molecular flexibility index (Phi) is 6.50. The third kappa shape index (κ3) is 4.21. The maximum absolute atomic E-state index is 2.46. The van der Waals surface area contributed by atoms with Crippen LogP contribution in [0.15, 0.2) is 48.5 Å². The molecule has 0 saturated heterocycles. The molecule has 0 aromatic heterocycles. The molecule has 0 amide bonds. The molecule has 0 fully saturated rings. The van der Waals surface area contributed by atoms with Gasteiger partial charge in [0.25, 0.3) is 0 Å². The van der Waals surface area contributed by atoms with E-state index in [-0.39, 0.29) is 10.1 Å². The molecule has 2 rings (SSSR count). The summed E-state index contributed by atoms with van der Waals surface area (Å²) in [5, 5.41) is 2.62. The molecule has 0 radical (unpaired) electrons. The average Bonchev–Trinajstić information content (AvgIpc) is 2.19. The van der Waals surface area contributed by atoms with Gasteiger partial charge in [-0.1, -0.05) is 48.5 Å². The van der Waals surface area contributed by atoms with Gasteiger partial charge < -0.3 is 0 Å². The Labute approximate surface area is 107 Å². The third-order valence-electron chi connectivity index (χ3n) is 1.66. The van der Waals surface area contributed by atoms with Gasteiger partial charge in [-0.15, -0.1) is 0 Å². The number of fused-ring (bicyclic) bond motifs is 1. The van der Waals surface area contributed by atoms with Gasteiger partial charge in [-0.05, 0) is 10.8 Å². The Morgan fingerprint density at radius 3 is 1.15 bits per heavy atom. The van der Waals surface area contributed by atoms with Crippen molar-refractivity contribution in [3.63, 3.8) is 0 Å². The van der Waals surface area contributed by atoms with Crippen molar-refractivity contribution in [3.8, 4) is 0 Å². The first kappa shape index (κ1) is 11.9. The number of hydrogen-bond acceptors (Lipinski definition) is 0. The van der Waals surface area contributed by atoms with Gasteiger partial charge in [0.05, 0.1) is 0 Å². The van der Waals surface area contributed by atoms with E-state index in [9.17, 15) is 0 Å². The maximum Gasteiger partial charge on any atom is -0.0184 e. The van der Waals surface area contributed by atoms with Crippen LogP contribution in [-0.2, 0) is 10.1 Å². The number of benzene rings is 2. The molecule has 64 valence electrons. The standard InChI is InChI=1S/C10H8.2HI.Zn/c1-2-6-10-8-4-3-7-9(10)5-1;;;/h1-8H;2*1H;/q;;;+2/p-2. The molecule has 2 aromatic carbocycles. The van der Waals surface area contributed by atoms with Crippen LogP contribution in [0.2, 0.25) is 0 Å². The van der Waals surface area contributed by atoms with E-state index in [4.69, 9.17) is 0 Å². The van der Waals surface area contributed by atoms with Crippen molar-refractivity contribution >= 4 is 50.3 Å². The minimum absolute atomic E-state index is 0.0650. The molecule has 0 atom stereocenters. The summed E-state index contributed by atoms with van der Waals surface area (Å²) in [5.74, 6) is 0. The molecule has 0 aliphatic heterocycles. The second-order valence-corrected chi connectivity index (χ2v) is 26.0. The van der Waals surface area contributed by atoms with Crippen molar-refractivity contribution in [3.05, 3.63) is 48.5 Å². The SMILES string of the molecule is [I][Zn][I].c1ccc2ccccc2c1. The van der Waals surface area contributed by atoms with E-state index in [0.29, 0.717) is 0 Å². The molecular formula is C10H8I2Zn. The first-order chi connectivity index (χ1) is 6.38. The quantitative estimate of drug-likeness (QED) is 0.409. The van der Waals surface area contributed by atoms with Crippen molar-refractivity contribution in [1.82, 2.24) is 0 Å². The summed E-state index contributed by atoms with van der Waals surface area (Å²) < 4.78 is 0. The van der Waals surface area contributed by atoms with Gasteiger partial charge in [-0.25, -0.2) is 0 Å². The van der Waals surface area contributed by atoms with E-state index in [2.05, 4.69) is 88.0 Å². The minimum atomic E-state index is 0.0650. The van der Waals surface area contributed by atoms with E-state index in [1.165, 1.54) is 10.8 Å². The summed E-state index contributed by atoms with van der Waals surface area (Å²) in [7, 11) is 0.0650. The van der Waals surface area contributed by atoms with Crippen LogP contribution in [0.25, 0.3) is 10.8 Å². The molecule has 0 saturated carbocycles. The second kappa shape index (κ2) is 7.13. The molecule has 0 nitrogen and oxygen atoms in total. The predicted octanol–water partition coefficient (Wildman–Crippen LogP) is 4.61. The van der Waals surface area contributed by atoms with E-state index < -0.39 is 0 Å². The zero-order valence-corrected chi connectivity index (χ0v) is 14.4. The Balaban J connectivity index is 0.000000251. The normalized spacial score (nSPS) is 8.46. The molecule has 2 aromatic rings. The van der Waals surface area contributed by atoms with Crippen LogP contribution in [0.5, 0.6) is 0 Å². The summed E-state index contributed by atoms with van der Waals surface area (Å²) in [6.45, 7) is 0. The van der Waals surface area contributed by atoms with E-state index in [1.54, 1.807) is 0 Å². The Morgan fingerprint density at radius 2 is 0.923 bits per heavy atom. The summed E-state index contributed by atoms with van der Waals surface area (Å²) in [6.07, 6.45) is 0. The van der Waals surface area contributed by atoms with Crippen molar-refractivity contribution in [1.29, 1.82) is 0 Å². The fourth-order valence-electron chi connectivity index (χ4n) is 1.13. The first-order valence-electron chi connectivity index (χ1n) is 3.94. The minimum Gasteiger partial charge on any atom is -0.0616 e. The van der Waals surface area contributed by atoms with Gasteiger partial charge in [-0.3, -0.25) is 0 Å². The van der Waals surface area contributed by atoms with Crippen LogP contribution in [-0.4, -0.2) is 0 Å². The molecule has 0 N–H and O–H groups in total. The summed E-state index contributed by atoms with van der Waals surface area (Å²) in [5.41, 5.74) is 0. The van der Waals surface area contributed by atoms with Gasteiger partial charge in [0, 0.05) is 0 Å². The molecule has 0 heterocycles. The van der Waals surface area contributed by atoms with Crippen LogP contribution >= 0.6 is 39.5 Å². The molecule has 0 unspecified atom stereocenters. The van der Waals surface area contributed by atoms with E-state index >= 15 is 0 Å². The molecular weight excluding hydrogens is 439 g/mol. The molecule has 3 heteroatoms. The topological polar surface area (TPSA) is 0 Å². The molecule has 13 heavy (non-hydrogen) atoms. The average molecular weight is 447 g/mol. The van der Waals surface area contributed by atoms with Crippen LogP contribution in [0.1, 0.15) is 0 Å². The molecule has 0 aliphatic carbocycles. The van der Waals surface area contributed by atoms with Crippen LogP contribution in [0.3, 0.4) is 0 Å².